The minimum atomic E-state index is -0.496. The first-order chi connectivity index (χ1) is 14.0. The third kappa shape index (κ3) is 4.04. The van der Waals surface area contributed by atoms with E-state index in [2.05, 4.69) is 35.3 Å². The summed E-state index contributed by atoms with van der Waals surface area (Å²) >= 11 is 0. The Labute approximate surface area is 165 Å². The predicted molar refractivity (Wildman–Crippen MR) is 102 cm³/mol. The van der Waals surface area contributed by atoms with E-state index >= 15 is 0 Å². The predicted octanol–water partition coefficient (Wildman–Crippen LogP) is 1.25. The zero-order valence-corrected chi connectivity index (χ0v) is 16.0. The fraction of sp³-hybridized carbons (Fsp3) is 0.333. The van der Waals surface area contributed by atoms with E-state index in [1.54, 1.807) is 17.2 Å². The van der Waals surface area contributed by atoms with Gasteiger partial charge in [-0.05, 0) is 6.92 Å². The van der Waals surface area contributed by atoms with Crippen LogP contribution in [0.1, 0.15) is 30.2 Å². The van der Waals surface area contributed by atoms with Crippen molar-refractivity contribution in [3.63, 3.8) is 0 Å². The molecule has 0 aliphatic rings. The van der Waals surface area contributed by atoms with Crippen molar-refractivity contribution in [3.05, 3.63) is 54.1 Å². The largest absolute Gasteiger partial charge is 0.394 e. The second-order valence-corrected chi connectivity index (χ2v) is 6.66. The normalized spacial score (nSPS) is 12.4. The highest BCUT2D eigenvalue weighted by Gasteiger charge is 2.17. The summed E-state index contributed by atoms with van der Waals surface area (Å²) < 4.78 is 16.6. The van der Waals surface area contributed by atoms with Crippen LogP contribution in [-0.4, -0.2) is 51.0 Å². The van der Waals surface area contributed by atoms with Gasteiger partial charge in [0.15, 0.2) is 11.5 Å². The molecule has 0 saturated carbocycles. The smallest absolute Gasteiger partial charge is 0.225 e. The van der Waals surface area contributed by atoms with Crippen LogP contribution in [0.25, 0.3) is 11.0 Å². The van der Waals surface area contributed by atoms with E-state index in [4.69, 9.17) is 0 Å². The van der Waals surface area contributed by atoms with Crippen LogP contribution < -0.4 is 5.32 Å². The first-order valence-corrected chi connectivity index (χ1v) is 9.07. The van der Waals surface area contributed by atoms with Crippen LogP contribution in [0.5, 0.6) is 0 Å². The Hall–Kier alpha value is -3.47. The number of hydrogen-bond acceptors (Lipinski definition) is 8. The van der Waals surface area contributed by atoms with Crippen molar-refractivity contribution >= 4 is 17.0 Å². The zero-order valence-electron chi connectivity index (χ0n) is 16.0. The highest BCUT2D eigenvalue weighted by atomic mass is 19.1. The molecule has 0 unspecified atom stereocenters. The van der Waals surface area contributed by atoms with Gasteiger partial charge in [0.2, 0.25) is 5.95 Å². The standard InChI is InChI=1S/C18H20FN9O/c1-11(16-20-6-12(19)7-21-16)24-18-25-15(5-13-9-27(2)10-22-13)14-8-23-28(3-4-29)17(14)26-18/h6-11,29H,3-5H2,1-2H3,(H,24,25,26)/t11-/m0/s1. The van der Waals surface area contributed by atoms with E-state index in [0.29, 0.717) is 30.4 Å². The van der Waals surface area contributed by atoms with E-state index in [1.165, 1.54) is 0 Å². The lowest BCUT2D eigenvalue weighted by Gasteiger charge is -2.13. The lowest BCUT2D eigenvalue weighted by Crippen LogP contribution is -2.14. The quantitative estimate of drug-likeness (QED) is 0.478. The first kappa shape index (κ1) is 18.9. The Kier molecular flexibility index (Phi) is 5.12. The molecule has 0 spiro atoms. The molecule has 4 aromatic heterocycles. The number of imidazole rings is 1. The molecule has 0 amide bonds. The minimum absolute atomic E-state index is 0.0566. The summed E-state index contributed by atoms with van der Waals surface area (Å²) in [5, 5.41) is 17.6. The van der Waals surface area contributed by atoms with Gasteiger partial charge >= 0.3 is 0 Å². The molecule has 0 aliphatic carbocycles. The highest BCUT2D eigenvalue weighted by Crippen LogP contribution is 2.22. The van der Waals surface area contributed by atoms with Gasteiger partial charge in [-0.15, -0.1) is 0 Å². The molecule has 11 heteroatoms. The summed E-state index contributed by atoms with van der Waals surface area (Å²) in [5.41, 5.74) is 2.23. The number of nitrogens with one attached hydrogen (secondary N) is 1. The molecule has 0 radical (unpaired) electrons. The van der Waals surface area contributed by atoms with Crippen molar-refractivity contribution < 1.29 is 9.50 Å². The third-order valence-electron chi connectivity index (χ3n) is 4.37. The summed E-state index contributed by atoms with van der Waals surface area (Å²) in [5.74, 6) is 0.290. The molecule has 4 rings (SSSR count). The molecule has 29 heavy (non-hydrogen) atoms. The summed E-state index contributed by atoms with van der Waals surface area (Å²) in [6, 6.07) is -0.343. The molecule has 0 saturated heterocycles. The average molecular weight is 397 g/mol. The van der Waals surface area contributed by atoms with Crippen LogP contribution in [-0.2, 0) is 20.0 Å². The average Bonchev–Trinajstić information content (AvgIpc) is 3.29. The van der Waals surface area contributed by atoms with E-state index < -0.39 is 5.82 Å². The van der Waals surface area contributed by atoms with Crippen LogP contribution in [0.15, 0.2) is 31.1 Å². The van der Waals surface area contributed by atoms with Crippen LogP contribution in [0.3, 0.4) is 0 Å². The molecule has 4 aromatic rings. The van der Waals surface area contributed by atoms with E-state index in [-0.39, 0.29) is 12.6 Å². The maximum absolute atomic E-state index is 13.1. The Morgan fingerprint density at radius 3 is 2.66 bits per heavy atom. The van der Waals surface area contributed by atoms with Gasteiger partial charge in [-0.2, -0.15) is 10.1 Å². The molecule has 1 atom stereocenters. The summed E-state index contributed by atoms with van der Waals surface area (Å²) in [6.45, 7) is 2.10. The summed E-state index contributed by atoms with van der Waals surface area (Å²) in [6.07, 6.45) is 8.09. The first-order valence-electron chi connectivity index (χ1n) is 9.07. The van der Waals surface area contributed by atoms with Crippen molar-refractivity contribution in [2.45, 2.75) is 25.9 Å². The zero-order chi connectivity index (χ0) is 20.4. The van der Waals surface area contributed by atoms with Gasteiger partial charge in [-0.25, -0.2) is 29.0 Å². The maximum atomic E-state index is 13.1. The van der Waals surface area contributed by atoms with Gasteiger partial charge < -0.3 is 15.0 Å². The fourth-order valence-corrected chi connectivity index (χ4v) is 3.01. The van der Waals surface area contributed by atoms with E-state index in [1.807, 2.05) is 24.7 Å². The molecular weight excluding hydrogens is 377 g/mol. The van der Waals surface area contributed by atoms with Crippen molar-refractivity contribution in [1.29, 1.82) is 0 Å². The highest BCUT2D eigenvalue weighted by molar-refractivity contribution is 5.78. The molecule has 4 heterocycles. The topological polar surface area (TPSA) is 119 Å². The molecule has 10 nitrogen and oxygen atoms in total. The minimum Gasteiger partial charge on any atom is -0.394 e. The van der Waals surface area contributed by atoms with Crippen LogP contribution >= 0.6 is 0 Å². The van der Waals surface area contributed by atoms with E-state index in [0.717, 1.165) is 29.2 Å². The molecule has 0 fully saturated rings. The number of aliphatic hydroxyl groups is 1. The van der Waals surface area contributed by atoms with Crippen LogP contribution in [0.2, 0.25) is 0 Å². The number of anilines is 1. The molecular formula is C18H20FN9O. The summed E-state index contributed by atoms with van der Waals surface area (Å²) in [4.78, 5) is 21.6. The number of nitrogens with zero attached hydrogens (tertiary/aromatic N) is 8. The Morgan fingerprint density at radius 2 is 1.97 bits per heavy atom. The molecule has 0 aliphatic heterocycles. The fourth-order valence-electron chi connectivity index (χ4n) is 3.01. The summed E-state index contributed by atoms with van der Waals surface area (Å²) in [7, 11) is 1.91. The monoisotopic (exact) mass is 397 g/mol. The van der Waals surface area contributed by atoms with E-state index in [9.17, 15) is 9.50 Å². The number of aliphatic hydroxyl groups excluding tert-OH is 1. The van der Waals surface area contributed by atoms with Gasteiger partial charge in [-0.1, -0.05) is 0 Å². The number of hydrogen-bond donors (Lipinski definition) is 2. The number of rotatable bonds is 7. The number of fused-ring (bicyclic) bond motifs is 1. The molecule has 2 N–H and O–H groups in total. The van der Waals surface area contributed by atoms with Gasteiger partial charge in [0, 0.05) is 19.7 Å². The van der Waals surface area contributed by atoms with Crippen molar-refractivity contribution in [3.8, 4) is 0 Å². The number of halogens is 1. The number of aryl methyl sites for hydroxylation is 1. The van der Waals surface area contributed by atoms with Gasteiger partial charge in [0.25, 0.3) is 0 Å². The maximum Gasteiger partial charge on any atom is 0.225 e. The Bertz CT molecular complexity index is 1120. The third-order valence-corrected chi connectivity index (χ3v) is 4.37. The Balaban J connectivity index is 1.70. The molecule has 0 aromatic carbocycles. The van der Waals surface area contributed by atoms with Crippen molar-refractivity contribution in [2.75, 3.05) is 11.9 Å². The molecule has 0 bridgehead atoms. The van der Waals surface area contributed by atoms with Crippen LogP contribution in [0, 0.1) is 5.82 Å². The second kappa shape index (κ2) is 7.87. The Morgan fingerprint density at radius 1 is 1.17 bits per heavy atom. The lowest BCUT2D eigenvalue weighted by atomic mass is 10.2. The molecule has 150 valence electrons. The van der Waals surface area contributed by atoms with Gasteiger partial charge in [0.1, 0.15) is 5.82 Å². The van der Waals surface area contributed by atoms with Crippen LogP contribution in [0.4, 0.5) is 10.3 Å². The van der Waals surface area contributed by atoms with Gasteiger partial charge in [-0.3, -0.25) is 0 Å². The van der Waals surface area contributed by atoms with Crippen molar-refractivity contribution in [1.82, 2.24) is 39.3 Å². The van der Waals surface area contributed by atoms with Gasteiger partial charge in [0.05, 0.1) is 60.9 Å². The SMILES string of the molecule is C[C@H](Nc1nc(Cc2cn(C)cn2)c2cnn(CCO)c2n1)c1ncc(F)cn1. The lowest BCUT2D eigenvalue weighted by molar-refractivity contribution is 0.271. The second-order valence-electron chi connectivity index (χ2n) is 6.66. The number of aromatic nitrogens is 8. The van der Waals surface area contributed by atoms with Crippen molar-refractivity contribution in [2.24, 2.45) is 7.05 Å².